The number of amides is 3. The van der Waals surface area contributed by atoms with E-state index in [2.05, 4.69) is 92.4 Å². The van der Waals surface area contributed by atoms with Crippen LogP contribution in [0.2, 0.25) is 0 Å². The van der Waals surface area contributed by atoms with Crippen molar-refractivity contribution in [2.24, 2.45) is 22.7 Å². The van der Waals surface area contributed by atoms with E-state index < -0.39 is 35.8 Å². The Morgan fingerprint density at radius 1 is 0.512 bits per heavy atom. The third kappa shape index (κ3) is 20.6. The third-order valence-corrected chi connectivity index (χ3v) is 18.0. The molecule has 0 radical (unpaired) electrons. The second-order valence-electron chi connectivity index (χ2n) is 24.2. The van der Waals surface area contributed by atoms with Gasteiger partial charge in [0.15, 0.2) is 0 Å². The molecule has 0 aliphatic heterocycles. The highest BCUT2D eigenvalue weighted by Gasteiger charge is 2.56. The molecular weight excluding hydrogens is 1100 g/mol. The van der Waals surface area contributed by atoms with E-state index >= 15 is 0 Å². The Morgan fingerprint density at radius 2 is 0.893 bits per heavy atom. The average Bonchev–Trinajstić information content (AvgIpc) is 1.12. The summed E-state index contributed by atoms with van der Waals surface area (Å²) >= 11 is 0. The molecule has 15 nitrogen and oxygen atoms in total. The second kappa shape index (κ2) is 33.5. The molecule has 0 spiro atoms. The lowest BCUT2D eigenvalue weighted by atomic mass is 9.49. The van der Waals surface area contributed by atoms with Crippen molar-refractivity contribution in [2.75, 3.05) is 45.8 Å². The number of carbonyl (C=O) groups is 6. The first-order valence-electron chi connectivity index (χ1n) is 30.7. The Balaban J connectivity index is 0.000000959. The second-order valence-corrected chi connectivity index (χ2v) is 24.2. The molecule has 84 heavy (non-hydrogen) atoms. The molecule has 2 fully saturated rings. The molecule has 21 heteroatoms. The zero-order chi connectivity index (χ0) is 62.2. The number of fused-ring (bicyclic) bond motifs is 6. The number of unbranched alkanes of at least 4 members (excludes halogenated alkanes) is 8. The number of alkyl halides is 6. The third-order valence-electron chi connectivity index (χ3n) is 18.0. The summed E-state index contributed by atoms with van der Waals surface area (Å²) < 4.78 is 75.2. The van der Waals surface area contributed by atoms with Crippen LogP contribution in [0.1, 0.15) is 205 Å². The molecule has 4 aliphatic carbocycles. The molecule has 7 N–H and O–H groups in total. The van der Waals surface area contributed by atoms with Gasteiger partial charge in [0.25, 0.3) is 0 Å². The van der Waals surface area contributed by atoms with E-state index in [1.165, 1.54) is 41.5 Å². The van der Waals surface area contributed by atoms with E-state index in [4.69, 9.17) is 29.3 Å². The highest BCUT2D eigenvalue weighted by atomic mass is 19.4. The lowest BCUT2D eigenvalue weighted by molar-refractivity contribution is -0.193. The van der Waals surface area contributed by atoms with E-state index in [1.54, 1.807) is 0 Å². The smallest absolute Gasteiger partial charge is 0.475 e. The fourth-order valence-corrected chi connectivity index (χ4v) is 13.5. The van der Waals surface area contributed by atoms with Crippen LogP contribution in [-0.4, -0.2) is 104 Å². The van der Waals surface area contributed by atoms with Crippen molar-refractivity contribution in [1.29, 1.82) is 0 Å². The summed E-state index contributed by atoms with van der Waals surface area (Å²) in [5.41, 5.74) is 4.11. The molecule has 2 aromatic carbocycles. The standard InChI is InChI=1S/C59H93N5O6.2C2HF3O2/c1-7-9-14-39-62-53(66)58(5)33-19-31-56(3)48-42-46(27-23-44(48)25-29-50(56)58)69-52(65)22-18-37-60-35-16-12-11-13-17-36-61-38-21-41-64-55(68)70-47-28-24-45-26-30-51-57(4,49(45)43-47)32-20-34-59(51,6)54(67)63-40-15-10-8-2;2*3-2(4,5)1(6)7/h23-24,27-28,42-43,50-51,60-61H,7-22,25-26,29-41H2,1-6H3,(H,62,66)(H,63,67)(H,64,68);2*(H,6,7)/t50-,51-,56-,57-,58+,59+;;/m1../s1. The van der Waals surface area contributed by atoms with Crippen LogP contribution in [0.4, 0.5) is 31.1 Å². The molecule has 0 saturated heterocycles. The molecular formula is C63H95F6N5O10. The first kappa shape index (κ1) is 71.0. The van der Waals surface area contributed by atoms with Gasteiger partial charge in [-0.15, -0.1) is 0 Å². The van der Waals surface area contributed by atoms with Gasteiger partial charge in [-0.2, -0.15) is 26.3 Å². The Labute approximate surface area is 493 Å². The average molecular weight is 1200 g/mol. The Kier molecular flexibility index (Phi) is 28.3. The molecule has 6 rings (SSSR count). The molecule has 0 unspecified atom stereocenters. The number of hydrogen-bond acceptors (Lipinski definition) is 10. The minimum Gasteiger partial charge on any atom is -0.475 e. The van der Waals surface area contributed by atoms with Gasteiger partial charge in [0.1, 0.15) is 11.5 Å². The summed E-state index contributed by atoms with van der Waals surface area (Å²) in [6, 6.07) is 12.3. The predicted octanol–water partition coefficient (Wildman–Crippen LogP) is 12.6. The lowest BCUT2D eigenvalue weighted by Crippen LogP contribution is -2.55. The zero-order valence-electron chi connectivity index (χ0n) is 50.5. The number of benzene rings is 2. The lowest BCUT2D eigenvalue weighted by Gasteiger charge is -2.54. The number of rotatable bonds is 28. The van der Waals surface area contributed by atoms with Crippen LogP contribution in [0, 0.1) is 22.7 Å². The molecule has 0 heterocycles. The largest absolute Gasteiger partial charge is 0.490 e. The van der Waals surface area contributed by atoms with Crippen LogP contribution >= 0.6 is 0 Å². The Hall–Kier alpha value is -5.44. The number of nitrogens with one attached hydrogen (secondary N) is 5. The number of carbonyl (C=O) groups excluding carboxylic acids is 4. The van der Waals surface area contributed by atoms with Gasteiger partial charge in [0.05, 0.1) is 10.8 Å². The van der Waals surface area contributed by atoms with Crippen molar-refractivity contribution in [1.82, 2.24) is 26.6 Å². The van der Waals surface area contributed by atoms with Crippen LogP contribution in [0.3, 0.4) is 0 Å². The first-order valence-corrected chi connectivity index (χ1v) is 30.7. The van der Waals surface area contributed by atoms with Gasteiger partial charge in [-0.05, 0) is 185 Å². The van der Waals surface area contributed by atoms with Gasteiger partial charge in [-0.3, -0.25) is 14.4 Å². The van der Waals surface area contributed by atoms with E-state index in [0.29, 0.717) is 24.5 Å². The van der Waals surface area contributed by atoms with Crippen molar-refractivity contribution in [3.05, 3.63) is 58.7 Å². The summed E-state index contributed by atoms with van der Waals surface area (Å²) in [7, 11) is 0. The molecule has 0 aromatic heterocycles. The van der Waals surface area contributed by atoms with Crippen LogP contribution in [0.5, 0.6) is 11.5 Å². The van der Waals surface area contributed by atoms with Crippen LogP contribution in [-0.2, 0) is 47.6 Å². The maximum Gasteiger partial charge on any atom is 0.490 e. The normalized spacial score (nSPS) is 23.2. The minimum atomic E-state index is -5.08. The molecule has 474 valence electrons. The molecule has 4 aliphatic rings. The molecule has 6 atom stereocenters. The number of halogens is 6. The van der Waals surface area contributed by atoms with Crippen molar-refractivity contribution >= 4 is 35.8 Å². The van der Waals surface area contributed by atoms with Crippen LogP contribution in [0.25, 0.3) is 0 Å². The quantitative estimate of drug-likeness (QED) is 0.0183. The van der Waals surface area contributed by atoms with Gasteiger partial charge in [0.2, 0.25) is 11.8 Å². The number of carboxylic acid groups (broad SMARTS) is 2. The molecule has 3 amide bonds. The van der Waals surface area contributed by atoms with E-state index in [-0.39, 0.29) is 45.9 Å². The molecule has 2 saturated carbocycles. The van der Waals surface area contributed by atoms with Crippen molar-refractivity contribution in [2.45, 2.75) is 219 Å². The number of ether oxygens (including phenoxy) is 2. The van der Waals surface area contributed by atoms with Gasteiger partial charge in [-0.1, -0.05) is 111 Å². The maximum absolute atomic E-state index is 13.6. The zero-order valence-corrected chi connectivity index (χ0v) is 50.5. The highest BCUT2D eigenvalue weighted by Crippen LogP contribution is 2.59. The Bertz CT molecular complexity index is 2300. The fourth-order valence-electron chi connectivity index (χ4n) is 13.5. The van der Waals surface area contributed by atoms with Gasteiger partial charge in [0, 0.05) is 26.1 Å². The maximum atomic E-state index is 13.6. The van der Waals surface area contributed by atoms with Gasteiger partial charge in [-0.25, -0.2) is 14.4 Å². The predicted molar refractivity (Wildman–Crippen MR) is 310 cm³/mol. The fraction of sp³-hybridized carbons (Fsp3) is 0.714. The van der Waals surface area contributed by atoms with Crippen molar-refractivity contribution < 1.29 is 74.8 Å². The summed E-state index contributed by atoms with van der Waals surface area (Å²) in [5.74, 6) is -3.58. The van der Waals surface area contributed by atoms with Crippen LogP contribution in [0.15, 0.2) is 36.4 Å². The van der Waals surface area contributed by atoms with Crippen molar-refractivity contribution in [3.63, 3.8) is 0 Å². The van der Waals surface area contributed by atoms with E-state index in [9.17, 15) is 45.5 Å². The number of hydrogen-bond donors (Lipinski definition) is 7. The molecule has 0 bridgehead atoms. The number of carboxylic acids is 2. The van der Waals surface area contributed by atoms with Crippen LogP contribution < -0.4 is 36.1 Å². The highest BCUT2D eigenvalue weighted by molar-refractivity contribution is 5.84. The minimum absolute atomic E-state index is 0.117. The summed E-state index contributed by atoms with van der Waals surface area (Å²) in [5, 5.41) is 30.8. The number of aryl methyl sites for hydroxylation is 2. The van der Waals surface area contributed by atoms with Gasteiger partial charge < -0.3 is 46.3 Å². The molecule has 2 aromatic rings. The summed E-state index contributed by atoms with van der Waals surface area (Å²) in [6.45, 7) is 19.0. The number of aliphatic carboxylic acids is 2. The van der Waals surface area contributed by atoms with E-state index in [1.807, 2.05) is 12.1 Å². The topological polar surface area (TPSA) is 221 Å². The first-order chi connectivity index (χ1) is 39.7. The van der Waals surface area contributed by atoms with Gasteiger partial charge >= 0.3 is 36.4 Å². The SMILES string of the molecule is CCCCCNC(=O)[C@@]1(C)CCC[C@]2(C)c3cc(OC(=O)CCCNCCCCCCCNCCCNC(=O)Oc4ccc5c(c4)[C@@]4(C)CCC[C@](C)(C(=O)NCCCCC)[C@@H]4CC5)ccc3CC[C@@H]12.O=C(O)C(F)(F)F.O=C(O)C(F)(F)F. The summed E-state index contributed by atoms with van der Waals surface area (Å²) in [6.07, 6.45) is 13.7. The van der Waals surface area contributed by atoms with Crippen molar-refractivity contribution in [3.8, 4) is 11.5 Å². The monoisotopic (exact) mass is 1200 g/mol. The summed E-state index contributed by atoms with van der Waals surface area (Å²) in [4.78, 5) is 70.7. The number of esters is 1. The van der Waals surface area contributed by atoms with E-state index in [0.717, 1.165) is 168 Å². The Morgan fingerprint density at radius 3 is 1.32 bits per heavy atom.